The number of carbonyl (C=O) groups is 2. The summed E-state index contributed by atoms with van der Waals surface area (Å²) in [6.45, 7) is 5.93. The van der Waals surface area contributed by atoms with Gasteiger partial charge in [0.2, 0.25) is 11.8 Å². The van der Waals surface area contributed by atoms with E-state index in [0.717, 1.165) is 21.0 Å². The highest BCUT2D eigenvalue weighted by Crippen LogP contribution is 2.31. The van der Waals surface area contributed by atoms with Crippen molar-refractivity contribution in [1.82, 2.24) is 10.2 Å². The number of sulfonamides is 1. The minimum atomic E-state index is -4.21. The molecule has 44 heavy (non-hydrogen) atoms. The maximum atomic E-state index is 14.5. The lowest BCUT2D eigenvalue weighted by Crippen LogP contribution is -2.53. The Morgan fingerprint density at radius 1 is 0.818 bits per heavy atom. The number of anilines is 1. The van der Waals surface area contributed by atoms with E-state index in [1.807, 2.05) is 75.4 Å². The fourth-order valence-corrected chi connectivity index (χ4v) is 6.58. The molecule has 0 saturated carbocycles. The van der Waals surface area contributed by atoms with Gasteiger partial charge in [0.15, 0.2) is 0 Å². The molecule has 4 aromatic carbocycles. The summed E-state index contributed by atoms with van der Waals surface area (Å²) in [7, 11) is -4.21. The SMILES string of the molecule is Cc1ccccc1CN(C(=O)CN(c1ccccc1Cl)S(=O)(=O)c1ccccc1)[C@@H](Cc1ccccc1)C(=O)NCC(C)C. The van der Waals surface area contributed by atoms with Crippen LogP contribution in [0.25, 0.3) is 0 Å². The van der Waals surface area contributed by atoms with Crippen molar-refractivity contribution in [2.75, 3.05) is 17.4 Å². The minimum absolute atomic E-state index is 0.0219. The minimum Gasteiger partial charge on any atom is -0.354 e. The molecule has 7 nitrogen and oxygen atoms in total. The second-order valence-corrected chi connectivity index (χ2v) is 13.3. The summed E-state index contributed by atoms with van der Waals surface area (Å²) in [5.41, 5.74) is 2.85. The zero-order chi connectivity index (χ0) is 31.7. The van der Waals surface area contributed by atoms with Crippen LogP contribution in [0.2, 0.25) is 5.02 Å². The van der Waals surface area contributed by atoms with Gasteiger partial charge in [0, 0.05) is 19.5 Å². The van der Waals surface area contributed by atoms with Gasteiger partial charge in [-0.2, -0.15) is 0 Å². The third-order valence-corrected chi connectivity index (χ3v) is 9.38. The molecule has 2 amide bonds. The summed E-state index contributed by atoms with van der Waals surface area (Å²) in [5, 5.41) is 3.18. The molecule has 0 aromatic heterocycles. The summed E-state index contributed by atoms with van der Waals surface area (Å²) >= 11 is 6.52. The summed E-state index contributed by atoms with van der Waals surface area (Å²) < 4.78 is 29.1. The smallest absolute Gasteiger partial charge is 0.264 e. The van der Waals surface area contributed by atoms with Crippen molar-refractivity contribution in [3.05, 3.63) is 131 Å². The van der Waals surface area contributed by atoms with Gasteiger partial charge in [-0.1, -0.05) is 110 Å². The molecule has 0 spiro atoms. The van der Waals surface area contributed by atoms with Crippen LogP contribution in [0.5, 0.6) is 0 Å². The summed E-state index contributed by atoms with van der Waals surface area (Å²) in [6.07, 6.45) is 0.250. The molecule has 1 N–H and O–H groups in total. The molecular weight excluding hydrogens is 594 g/mol. The lowest BCUT2D eigenvalue weighted by atomic mass is 10.0. The van der Waals surface area contributed by atoms with Crippen LogP contribution in [-0.2, 0) is 32.6 Å². The van der Waals surface area contributed by atoms with E-state index in [2.05, 4.69) is 5.32 Å². The van der Waals surface area contributed by atoms with E-state index in [9.17, 15) is 18.0 Å². The molecule has 0 heterocycles. The van der Waals surface area contributed by atoms with Crippen LogP contribution in [0.1, 0.15) is 30.5 Å². The zero-order valence-corrected chi connectivity index (χ0v) is 26.8. The third kappa shape index (κ3) is 8.27. The molecule has 0 aliphatic carbocycles. The van der Waals surface area contributed by atoms with E-state index in [1.165, 1.54) is 17.0 Å². The number of para-hydroxylation sites is 1. The van der Waals surface area contributed by atoms with Crippen molar-refractivity contribution >= 4 is 39.1 Å². The van der Waals surface area contributed by atoms with Crippen molar-refractivity contribution in [3.8, 4) is 0 Å². The summed E-state index contributed by atoms with van der Waals surface area (Å²) in [6, 6.07) is 30.7. The van der Waals surface area contributed by atoms with Crippen molar-refractivity contribution in [1.29, 1.82) is 0 Å². The normalized spacial score (nSPS) is 12.0. The third-order valence-electron chi connectivity index (χ3n) is 7.29. The average Bonchev–Trinajstić information content (AvgIpc) is 3.02. The van der Waals surface area contributed by atoms with Crippen LogP contribution in [0, 0.1) is 12.8 Å². The van der Waals surface area contributed by atoms with Crippen LogP contribution in [0.4, 0.5) is 5.69 Å². The maximum Gasteiger partial charge on any atom is 0.264 e. The van der Waals surface area contributed by atoms with Crippen LogP contribution in [0.15, 0.2) is 114 Å². The number of halogens is 1. The van der Waals surface area contributed by atoms with E-state index in [1.54, 1.807) is 42.5 Å². The average molecular weight is 632 g/mol. The van der Waals surface area contributed by atoms with Crippen LogP contribution >= 0.6 is 11.6 Å². The summed E-state index contributed by atoms with van der Waals surface area (Å²) in [5.74, 6) is -0.642. The molecule has 4 aromatic rings. The van der Waals surface area contributed by atoms with E-state index >= 15 is 0 Å². The fourth-order valence-electron chi connectivity index (χ4n) is 4.83. The number of rotatable bonds is 13. The monoisotopic (exact) mass is 631 g/mol. The molecule has 0 unspecified atom stereocenters. The first kappa shape index (κ1) is 32.8. The first-order valence-electron chi connectivity index (χ1n) is 14.6. The first-order chi connectivity index (χ1) is 21.1. The van der Waals surface area contributed by atoms with Crippen LogP contribution < -0.4 is 9.62 Å². The molecule has 1 atom stereocenters. The van der Waals surface area contributed by atoms with Crippen LogP contribution in [-0.4, -0.2) is 44.3 Å². The van der Waals surface area contributed by atoms with Crippen LogP contribution in [0.3, 0.4) is 0 Å². The molecule has 0 saturated heterocycles. The molecular formula is C35H38ClN3O4S. The van der Waals surface area contributed by atoms with Gasteiger partial charge >= 0.3 is 0 Å². The molecule has 0 aliphatic heterocycles. The molecule has 9 heteroatoms. The number of nitrogens with zero attached hydrogens (tertiary/aromatic N) is 2. The number of hydrogen-bond acceptors (Lipinski definition) is 4. The van der Waals surface area contributed by atoms with Gasteiger partial charge in [-0.15, -0.1) is 0 Å². The quantitative estimate of drug-likeness (QED) is 0.189. The van der Waals surface area contributed by atoms with Gasteiger partial charge in [0.05, 0.1) is 15.6 Å². The van der Waals surface area contributed by atoms with E-state index in [0.29, 0.717) is 6.54 Å². The molecule has 230 valence electrons. The predicted molar refractivity (Wildman–Crippen MR) is 176 cm³/mol. The highest BCUT2D eigenvalue weighted by atomic mass is 35.5. The van der Waals surface area contributed by atoms with E-state index in [-0.39, 0.29) is 40.4 Å². The number of nitrogens with one attached hydrogen (secondary N) is 1. The Kier molecular flexibility index (Phi) is 11.2. The highest BCUT2D eigenvalue weighted by Gasteiger charge is 2.35. The van der Waals surface area contributed by atoms with Gasteiger partial charge < -0.3 is 10.2 Å². The second-order valence-electron chi connectivity index (χ2n) is 11.1. The Balaban J connectivity index is 1.81. The van der Waals surface area contributed by atoms with Gasteiger partial charge in [0.25, 0.3) is 10.0 Å². The molecule has 4 rings (SSSR count). The topological polar surface area (TPSA) is 86.8 Å². The summed E-state index contributed by atoms with van der Waals surface area (Å²) in [4.78, 5) is 29.9. The van der Waals surface area contributed by atoms with Crippen molar-refractivity contribution < 1.29 is 18.0 Å². The van der Waals surface area contributed by atoms with Gasteiger partial charge in [-0.25, -0.2) is 8.42 Å². The fraction of sp³-hybridized carbons (Fsp3) is 0.257. The molecule has 0 radical (unpaired) electrons. The number of benzene rings is 4. The Morgan fingerprint density at radius 2 is 1.41 bits per heavy atom. The second kappa shape index (κ2) is 15.0. The van der Waals surface area contributed by atoms with Crippen molar-refractivity contribution in [3.63, 3.8) is 0 Å². The van der Waals surface area contributed by atoms with Crippen molar-refractivity contribution in [2.24, 2.45) is 5.92 Å². The number of aryl methyl sites for hydroxylation is 1. The predicted octanol–water partition coefficient (Wildman–Crippen LogP) is 6.26. The van der Waals surface area contributed by atoms with Gasteiger partial charge in [-0.3, -0.25) is 13.9 Å². The lowest BCUT2D eigenvalue weighted by Gasteiger charge is -2.34. The highest BCUT2D eigenvalue weighted by molar-refractivity contribution is 7.92. The number of hydrogen-bond donors (Lipinski definition) is 1. The van der Waals surface area contributed by atoms with Gasteiger partial charge in [0.1, 0.15) is 12.6 Å². The van der Waals surface area contributed by atoms with E-state index in [4.69, 9.17) is 11.6 Å². The number of carbonyl (C=O) groups excluding carboxylic acids is 2. The molecule has 0 aliphatic rings. The zero-order valence-electron chi connectivity index (χ0n) is 25.2. The molecule has 0 bridgehead atoms. The maximum absolute atomic E-state index is 14.5. The Bertz CT molecular complexity index is 1660. The largest absolute Gasteiger partial charge is 0.354 e. The molecule has 0 fully saturated rings. The van der Waals surface area contributed by atoms with Crippen molar-refractivity contribution in [2.45, 2.75) is 44.7 Å². The Hall–Kier alpha value is -4.14. The standard InChI is InChI=1S/C35H38ClN3O4S/c1-26(2)23-37-35(41)33(22-28-15-6-4-7-16-28)38(24-29-17-11-10-14-27(29)3)34(40)25-39(32-21-13-12-20-31(32)36)44(42,43)30-18-8-5-9-19-30/h4-21,26,33H,22-25H2,1-3H3,(H,37,41)/t33-/m0/s1. The Labute approximate surface area is 265 Å². The lowest BCUT2D eigenvalue weighted by molar-refractivity contribution is -0.140. The van der Waals surface area contributed by atoms with Gasteiger partial charge in [-0.05, 0) is 53.8 Å². The number of amides is 2. The Morgan fingerprint density at radius 3 is 2.05 bits per heavy atom. The van der Waals surface area contributed by atoms with E-state index < -0.39 is 28.5 Å². The first-order valence-corrected chi connectivity index (χ1v) is 16.4.